The SMILES string of the molecule is CCC(Oc1cccc(C)c1)C(=O)Nc1ccc(OC(F)(F)F)cc1. The maximum Gasteiger partial charge on any atom is 0.573 e. The highest BCUT2D eigenvalue weighted by atomic mass is 19.4. The van der Waals surface area contributed by atoms with Crippen LogP contribution >= 0.6 is 0 Å². The first-order valence-electron chi connectivity index (χ1n) is 7.67. The lowest BCUT2D eigenvalue weighted by atomic mass is 10.2. The van der Waals surface area contributed by atoms with E-state index in [1.807, 2.05) is 25.1 Å². The Kier molecular flexibility index (Phi) is 5.90. The fourth-order valence-corrected chi connectivity index (χ4v) is 2.14. The van der Waals surface area contributed by atoms with E-state index in [4.69, 9.17) is 4.74 Å². The molecular weight excluding hydrogens is 335 g/mol. The van der Waals surface area contributed by atoms with E-state index < -0.39 is 12.5 Å². The van der Waals surface area contributed by atoms with Gasteiger partial charge in [-0.3, -0.25) is 4.79 Å². The number of hydrogen-bond acceptors (Lipinski definition) is 3. The van der Waals surface area contributed by atoms with Crippen LogP contribution in [0.5, 0.6) is 11.5 Å². The maximum atomic E-state index is 12.3. The quantitative estimate of drug-likeness (QED) is 0.820. The zero-order valence-electron chi connectivity index (χ0n) is 13.8. The molecular formula is C18H18F3NO3. The van der Waals surface area contributed by atoms with Crippen molar-refractivity contribution in [2.75, 3.05) is 5.32 Å². The van der Waals surface area contributed by atoms with Crippen molar-refractivity contribution < 1.29 is 27.4 Å². The highest BCUT2D eigenvalue weighted by molar-refractivity contribution is 5.94. The van der Waals surface area contributed by atoms with Crippen molar-refractivity contribution >= 4 is 11.6 Å². The van der Waals surface area contributed by atoms with Crippen LogP contribution in [0.4, 0.5) is 18.9 Å². The largest absolute Gasteiger partial charge is 0.573 e. The molecule has 1 unspecified atom stereocenters. The van der Waals surface area contributed by atoms with E-state index in [0.29, 0.717) is 17.9 Å². The molecule has 1 N–H and O–H groups in total. The number of hydrogen-bond donors (Lipinski definition) is 1. The molecule has 25 heavy (non-hydrogen) atoms. The Morgan fingerprint density at radius 2 is 1.80 bits per heavy atom. The molecule has 0 spiro atoms. The molecule has 1 atom stereocenters. The van der Waals surface area contributed by atoms with Gasteiger partial charge in [-0.05, 0) is 55.3 Å². The minimum absolute atomic E-state index is 0.353. The van der Waals surface area contributed by atoms with Gasteiger partial charge in [-0.15, -0.1) is 13.2 Å². The molecule has 0 aliphatic rings. The molecule has 134 valence electrons. The van der Waals surface area contributed by atoms with Gasteiger partial charge in [0.1, 0.15) is 11.5 Å². The molecule has 0 saturated carbocycles. The standard InChI is InChI=1S/C18H18F3NO3/c1-3-16(24-15-6-4-5-12(2)11-15)17(23)22-13-7-9-14(10-8-13)25-18(19,20)21/h4-11,16H,3H2,1-2H3,(H,22,23). The summed E-state index contributed by atoms with van der Waals surface area (Å²) in [6, 6.07) is 12.2. The van der Waals surface area contributed by atoms with E-state index >= 15 is 0 Å². The van der Waals surface area contributed by atoms with Gasteiger partial charge in [0.15, 0.2) is 6.10 Å². The molecule has 0 saturated heterocycles. The molecule has 0 heterocycles. The van der Waals surface area contributed by atoms with Crippen molar-refractivity contribution in [1.29, 1.82) is 0 Å². The van der Waals surface area contributed by atoms with E-state index in [1.54, 1.807) is 13.0 Å². The number of benzene rings is 2. The second-order valence-corrected chi connectivity index (χ2v) is 5.39. The van der Waals surface area contributed by atoms with Crippen LogP contribution in [0.15, 0.2) is 48.5 Å². The van der Waals surface area contributed by atoms with Crippen molar-refractivity contribution in [3.8, 4) is 11.5 Å². The number of aryl methyl sites for hydroxylation is 1. The third-order valence-corrected chi connectivity index (χ3v) is 3.29. The first-order chi connectivity index (χ1) is 11.8. The molecule has 0 fully saturated rings. The Bertz CT molecular complexity index is 714. The van der Waals surface area contributed by atoms with Crippen LogP contribution in [0.2, 0.25) is 0 Å². The average Bonchev–Trinajstić information content (AvgIpc) is 2.53. The van der Waals surface area contributed by atoms with Gasteiger partial charge in [0, 0.05) is 5.69 Å². The number of ether oxygens (including phenoxy) is 2. The van der Waals surface area contributed by atoms with Gasteiger partial charge in [-0.2, -0.15) is 0 Å². The maximum absolute atomic E-state index is 12.3. The number of rotatable bonds is 6. The number of nitrogens with one attached hydrogen (secondary N) is 1. The average molecular weight is 353 g/mol. The summed E-state index contributed by atoms with van der Waals surface area (Å²) in [6.07, 6.45) is -5.03. The van der Waals surface area contributed by atoms with Gasteiger partial charge in [0.05, 0.1) is 0 Å². The fourth-order valence-electron chi connectivity index (χ4n) is 2.14. The Balaban J connectivity index is 1.99. The molecule has 2 rings (SSSR count). The molecule has 7 heteroatoms. The molecule has 2 aromatic rings. The first kappa shape index (κ1) is 18.6. The summed E-state index contributed by atoms with van der Waals surface area (Å²) < 4.78 is 45.9. The lowest BCUT2D eigenvalue weighted by Crippen LogP contribution is -2.32. The van der Waals surface area contributed by atoms with E-state index in [9.17, 15) is 18.0 Å². The predicted octanol–water partition coefficient (Wildman–Crippen LogP) is 4.69. The normalized spacial score (nSPS) is 12.4. The topological polar surface area (TPSA) is 47.6 Å². The number of carbonyl (C=O) groups is 1. The Labute approximate surface area is 143 Å². The predicted molar refractivity (Wildman–Crippen MR) is 87.6 cm³/mol. The summed E-state index contributed by atoms with van der Waals surface area (Å²) in [5, 5.41) is 2.62. The molecule has 1 amide bonds. The molecule has 0 aliphatic heterocycles. The van der Waals surface area contributed by atoms with Gasteiger partial charge < -0.3 is 14.8 Å². The molecule has 0 radical (unpaired) electrons. The van der Waals surface area contributed by atoms with Crippen LogP contribution in [-0.2, 0) is 4.79 Å². The molecule has 2 aromatic carbocycles. The summed E-state index contributed by atoms with van der Waals surface area (Å²) in [5.41, 5.74) is 1.36. The Morgan fingerprint density at radius 1 is 1.12 bits per heavy atom. The van der Waals surface area contributed by atoms with Gasteiger partial charge >= 0.3 is 6.36 Å². The smallest absolute Gasteiger partial charge is 0.481 e. The van der Waals surface area contributed by atoms with E-state index in [1.165, 1.54) is 12.1 Å². The molecule has 0 bridgehead atoms. The first-order valence-corrected chi connectivity index (χ1v) is 7.67. The number of amides is 1. The van der Waals surface area contributed by atoms with Crippen molar-refractivity contribution in [3.63, 3.8) is 0 Å². The molecule has 4 nitrogen and oxygen atoms in total. The number of halogens is 3. The zero-order chi connectivity index (χ0) is 18.4. The summed E-state index contributed by atoms with van der Waals surface area (Å²) in [7, 11) is 0. The third-order valence-electron chi connectivity index (χ3n) is 3.29. The van der Waals surface area contributed by atoms with Crippen LogP contribution < -0.4 is 14.8 Å². The second-order valence-electron chi connectivity index (χ2n) is 5.39. The van der Waals surface area contributed by atoms with Gasteiger partial charge in [0.25, 0.3) is 5.91 Å². The fraction of sp³-hybridized carbons (Fsp3) is 0.278. The van der Waals surface area contributed by atoms with Crippen LogP contribution in [0.1, 0.15) is 18.9 Å². The second kappa shape index (κ2) is 7.92. The van der Waals surface area contributed by atoms with Crippen molar-refractivity contribution in [1.82, 2.24) is 0 Å². The lowest BCUT2D eigenvalue weighted by Gasteiger charge is -2.18. The van der Waals surface area contributed by atoms with Crippen molar-refractivity contribution in [2.24, 2.45) is 0 Å². The Morgan fingerprint density at radius 3 is 2.36 bits per heavy atom. The minimum Gasteiger partial charge on any atom is -0.481 e. The summed E-state index contributed by atoms with van der Waals surface area (Å²) >= 11 is 0. The number of anilines is 1. The van der Waals surface area contributed by atoms with Crippen LogP contribution in [-0.4, -0.2) is 18.4 Å². The van der Waals surface area contributed by atoms with E-state index in [-0.39, 0.29) is 11.7 Å². The lowest BCUT2D eigenvalue weighted by molar-refractivity contribution is -0.274. The van der Waals surface area contributed by atoms with Crippen molar-refractivity contribution in [2.45, 2.75) is 32.7 Å². The highest BCUT2D eigenvalue weighted by Crippen LogP contribution is 2.24. The highest BCUT2D eigenvalue weighted by Gasteiger charge is 2.31. The monoisotopic (exact) mass is 353 g/mol. The summed E-state index contributed by atoms with van der Waals surface area (Å²) in [5.74, 6) is -0.155. The van der Waals surface area contributed by atoms with Crippen LogP contribution in [0, 0.1) is 6.92 Å². The number of carbonyl (C=O) groups excluding carboxylic acids is 1. The third kappa shape index (κ3) is 6.02. The van der Waals surface area contributed by atoms with E-state index in [2.05, 4.69) is 10.1 Å². The summed E-state index contributed by atoms with van der Waals surface area (Å²) in [4.78, 5) is 12.3. The Hall–Kier alpha value is -2.70. The number of alkyl halides is 3. The van der Waals surface area contributed by atoms with Crippen LogP contribution in [0.3, 0.4) is 0 Å². The van der Waals surface area contributed by atoms with Crippen molar-refractivity contribution in [3.05, 3.63) is 54.1 Å². The molecule has 0 aromatic heterocycles. The van der Waals surface area contributed by atoms with Crippen LogP contribution in [0.25, 0.3) is 0 Å². The minimum atomic E-state index is -4.75. The zero-order valence-corrected chi connectivity index (χ0v) is 13.8. The van der Waals surface area contributed by atoms with Gasteiger partial charge in [-0.1, -0.05) is 19.1 Å². The molecule has 0 aliphatic carbocycles. The van der Waals surface area contributed by atoms with Gasteiger partial charge in [0.2, 0.25) is 0 Å². The summed E-state index contributed by atoms with van der Waals surface area (Å²) in [6.45, 7) is 3.72. The van der Waals surface area contributed by atoms with Gasteiger partial charge in [-0.25, -0.2) is 0 Å². The van der Waals surface area contributed by atoms with E-state index in [0.717, 1.165) is 17.7 Å².